The minimum atomic E-state index is -0.137. The maximum Gasteiger partial charge on any atom is 0.261 e. The standard InChI is InChI=1S/C29H23BrClN5O2/c1-18-5-8-22(9-6-18)35-27-20(14-21-4-2-3-12-32-21)16-33-36(27)26-17-34(13-11-23(26)29(35)38)28(37)19-7-10-24(30)25(31)15-19/h2-10,12,15-16H,11,13-14,17H2,1H3. The van der Waals surface area contributed by atoms with Crippen LogP contribution >= 0.6 is 27.5 Å². The predicted octanol–water partition coefficient (Wildman–Crippen LogP) is 5.39. The molecule has 0 fully saturated rings. The molecule has 0 radical (unpaired) electrons. The zero-order valence-corrected chi connectivity index (χ0v) is 22.9. The number of aryl methyl sites for hydroxylation is 1. The monoisotopic (exact) mass is 587 g/mol. The normalized spacial score (nSPS) is 13.1. The van der Waals surface area contributed by atoms with Crippen LogP contribution in [-0.4, -0.2) is 36.5 Å². The molecule has 2 aromatic carbocycles. The van der Waals surface area contributed by atoms with Crippen LogP contribution in [0.3, 0.4) is 0 Å². The molecular weight excluding hydrogens is 566 g/mol. The molecule has 0 atom stereocenters. The smallest absolute Gasteiger partial charge is 0.261 e. The summed E-state index contributed by atoms with van der Waals surface area (Å²) in [5, 5.41) is 5.20. The molecule has 7 nitrogen and oxygen atoms in total. The third kappa shape index (κ3) is 4.33. The third-order valence-electron chi connectivity index (χ3n) is 6.91. The third-order valence-corrected chi connectivity index (χ3v) is 8.14. The van der Waals surface area contributed by atoms with Crippen LogP contribution in [0.5, 0.6) is 0 Å². The van der Waals surface area contributed by atoms with Gasteiger partial charge in [-0.2, -0.15) is 5.10 Å². The van der Waals surface area contributed by atoms with Gasteiger partial charge in [-0.3, -0.25) is 19.1 Å². The Kier molecular flexibility index (Phi) is 6.37. The van der Waals surface area contributed by atoms with Crippen LogP contribution in [0.4, 0.5) is 0 Å². The first-order valence-corrected chi connectivity index (χ1v) is 13.4. The first-order chi connectivity index (χ1) is 18.4. The number of hydrogen-bond donors (Lipinski definition) is 0. The summed E-state index contributed by atoms with van der Waals surface area (Å²) in [7, 11) is 0. The molecule has 3 aromatic heterocycles. The lowest BCUT2D eigenvalue weighted by atomic mass is 10.0. The largest absolute Gasteiger partial charge is 0.332 e. The summed E-state index contributed by atoms with van der Waals surface area (Å²) in [5.41, 5.74) is 6.15. The highest BCUT2D eigenvalue weighted by Gasteiger charge is 2.29. The van der Waals surface area contributed by atoms with Crippen molar-refractivity contribution in [3.8, 4) is 5.69 Å². The molecule has 0 saturated carbocycles. The topological polar surface area (TPSA) is 72.5 Å². The first-order valence-electron chi connectivity index (χ1n) is 12.3. The van der Waals surface area contributed by atoms with E-state index in [-0.39, 0.29) is 18.0 Å². The molecule has 0 aliphatic carbocycles. The van der Waals surface area contributed by atoms with Gasteiger partial charge in [-0.25, -0.2) is 4.52 Å². The van der Waals surface area contributed by atoms with Crippen molar-refractivity contribution < 1.29 is 4.79 Å². The number of pyridine rings is 1. The minimum absolute atomic E-state index is 0.0853. The second-order valence-corrected chi connectivity index (χ2v) is 10.7. The quantitative estimate of drug-likeness (QED) is 0.282. The van der Waals surface area contributed by atoms with Gasteiger partial charge in [0.25, 0.3) is 11.5 Å². The maximum absolute atomic E-state index is 14.0. The van der Waals surface area contributed by atoms with Gasteiger partial charge in [0.15, 0.2) is 0 Å². The molecular formula is C29H23BrClN5O2. The number of rotatable bonds is 4. The van der Waals surface area contributed by atoms with Crippen molar-refractivity contribution in [3.63, 3.8) is 0 Å². The molecule has 0 spiro atoms. The van der Waals surface area contributed by atoms with E-state index in [1.807, 2.05) is 53.9 Å². The van der Waals surface area contributed by atoms with Crippen LogP contribution in [0, 0.1) is 6.92 Å². The minimum Gasteiger partial charge on any atom is -0.332 e. The van der Waals surface area contributed by atoms with E-state index in [2.05, 4.69) is 20.9 Å². The molecule has 1 amide bonds. The number of hydrogen-bond acceptors (Lipinski definition) is 4. The highest BCUT2D eigenvalue weighted by Crippen LogP contribution is 2.27. The van der Waals surface area contributed by atoms with Crippen molar-refractivity contribution >= 4 is 39.1 Å². The maximum atomic E-state index is 14.0. The van der Waals surface area contributed by atoms with E-state index in [1.165, 1.54) is 0 Å². The lowest BCUT2D eigenvalue weighted by Gasteiger charge is -2.29. The Balaban J connectivity index is 1.49. The van der Waals surface area contributed by atoms with E-state index in [0.29, 0.717) is 41.2 Å². The van der Waals surface area contributed by atoms with Gasteiger partial charge in [-0.15, -0.1) is 0 Å². The molecule has 9 heteroatoms. The highest BCUT2D eigenvalue weighted by molar-refractivity contribution is 9.10. The second kappa shape index (κ2) is 9.85. The SMILES string of the molecule is Cc1ccc(-n2c(=O)c3c(n4ncc(Cc5ccccn5)c24)CN(C(=O)c2ccc(Br)c(Cl)c2)CC3)cc1. The van der Waals surface area contributed by atoms with Gasteiger partial charge in [-0.1, -0.05) is 35.4 Å². The summed E-state index contributed by atoms with van der Waals surface area (Å²) in [6, 6.07) is 18.9. The number of carbonyl (C=O) groups excluding carboxylic acids is 1. The molecule has 0 unspecified atom stereocenters. The van der Waals surface area contributed by atoms with Gasteiger partial charge < -0.3 is 4.90 Å². The number of aromatic nitrogens is 4. The van der Waals surface area contributed by atoms with Crippen LogP contribution in [-0.2, 0) is 19.4 Å². The lowest BCUT2D eigenvalue weighted by molar-refractivity contribution is 0.0729. The van der Waals surface area contributed by atoms with Crippen LogP contribution in [0.1, 0.15) is 38.4 Å². The van der Waals surface area contributed by atoms with E-state index in [1.54, 1.807) is 40.1 Å². The molecule has 1 aliphatic heterocycles. The molecule has 4 heterocycles. The number of nitrogens with zero attached hydrogens (tertiary/aromatic N) is 5. The first kappa shape index (κ1) is 24.6. The number of halogens is 2. The molecule has 0 saturated heterocycles. The Labute approximate surface area is 232 Å². The molecule has 1 aliphatic rings. The van der Waals surface area contributed by atoms with E-state index in [4.69, 9.17) is 16.7 Å². The van der Waals surface area contributed by atoms with Crippen LogP contribution < -0.4 is 5.56 Å². The van der Waals surface area contributed by atoms with Gasteiger partial charge in [-0.05, 0) is 71.7 Å². The van der Waals surface area contributed by atoms with E-state index in [0.717, 1.165) is 32.7 Å². The average Bonchev–Trinajstić information content (AvgIpc) is 3.34. The Bertz CT molecular complexity index is 1750. The van der Waals surface area contributed by atoms with E-state index >= 15 is 0 Å². The summed E-state index contributed by atoms with van der Waals surface area (Å²) in [4.78, 5) is 33.6. The molecule has 190 valence electrons. The zero-order chi connectivity index (χ0) is 26.4. The lowest BCUT2D eigenvalue weighted by Crippen LogP contribution is -2.41. The van der Waals surface area contributed by atoms with Crippen molar-refractivity contribution in [2.24, 2.45) is 0 Å². The van der Waals surface area contributed by atoms with Crippen LogP contribution in [0.25, 0.3) is 11.3 Å². The van der Waals surface area contributed by atoms with Crippen molar-refractivity contribution in [2.75, 3.05) is 6.54 Å². The molecule has 38 heavy (non-hydrogen) atoms. The Morgan fingerprint density at radius 1 is 1.11 bits per heavy atom. The number of carbonyl (C=O) groups is 1. The highest BCUT2D eigenvalue weighted by atomic mass is 79.9. The second-order valence-electron chi connectivity index (χ2n) is 9.41. The Morgan fingerprint density at radius 3 is 2.66 bits per heavy atom. The number of fused-ring (bicyclic) bond motifs is 3. The van der Waals surface area contributed by atoms with E-state index < -0.39 is 0 Å². The Morgan fingerprint density at radius 2 is 1.92 bits per heavy atom. The Hall–Kier alpha value is -3.75. The van der Waals surface area contributed by atoms with Gasteiger partial charge >= 0.3 is 0 Å². The molecule has 0 N–H and O–H groups in total. The summed E-state index contributed by atoms with van der Waals surface area (Å²) >= 11 is 9.63. The number of amides is 1. The van der Waals surface area contributed by atoms with Gasteiger partial charge in [0.05, 0.1) is 29.1 Å². The average molecular weight is 589 g/mol. The number of benzene rings is 2. The predicted molar refractivity (Wildman–Crippen MR) is 150 cm³/mol. The van der Waals surface area contributed by atoms with Gasteiger partial charge in [0.1, 0.15) is 5.65 Å². The summed E-state index contributed by atoms with van der Waals surface area (Å²) in [5.74, 6) is -0.137. The van der Waals surface area contributed by atoms with Crippen LogP contribution in [0.15, 0.2) is 82.3 Å². The summed E-state index contributed by atoms with van der Waals surface area (Å²) < 4.78 is 4.30. The fourth-order valence-corrected chi connectivity index (χ4v) is 5.38. The van der Waals surface area contributed by atoms with Crippen molar-refractivity contribution in [1.82, 2.24) is 24.1 Å². The van der Waals surface area contributed by atoms with Crippen molar-refractivity contribution in [1.29, 1.82) is 0 Å². The molecule has 5 aromatic rings. The van der Waals surface area contributed by atoms with E-state index in [9.17, 15) is 9.59 Å². The zero-order valence-electron chi connectivity index (χ0n) is 20.6. The summed E-state index contributed by atoms with van der Waals surface area (Å²) in [6.45, 7) is 2.72. The molecule has 6 rings (SSSR count). The molecule has 0 bridgehead atoms. The van der Waals surface area contributed by atoms with Crippen molar-refractivity contribution in [2.45, 2.75) is 26.3 Å². The summed E-state index contributed by atoms with van der Waals surface area (Å²) in [6.07, 6.45) is 4.51. The van der Waals surface area contributed by atoms with Crippen LogP contribution in [0.2, 0.25) is 5.02 Å². The fourth-order valence-electron chi connectivity index (χ4n) is 4.96. The van der Waals surface area contributed by atoms with Gasteiger partial charge in [0.2, 0.25) is 0 Å². The fraction of sp³-hybridized carbons (Fsp3) is 0.172. The van der Waals surface area contributed by atoms with Gasteiger partial charge in [0, 0.05) is 46.0 Å². The van der Waals surface area contributed by atoms with Crippen molar-refractivity contribution in [3.05, 3.63) is 127 Å².